The van der Waals surface area contributed by atoms with E-state index in [9.17, 15) is 4.79 Å². The molecule has 0 fully saturated rings. The molecule has 0 aliphatic rings. The highest BCUT2D eigenvalue weighted by Gasteiger charge is 2.10. The molecule has 0 saturated carbocycles. The molecule has 0 radical (unpaired) electrons. The maximum Gasteiger partial charge on any atom is 0.267 e. The van der Waals surface area contributed by atoms with Crippen LogP contribution in [0.1, 0.15) is 5.56 Å². The monoisotopic (exact) mass is 311 g/mol. The van der Waals surface area contributed by atoms with Crippen molar-refractivity contribution in [3.8, 4) is 6.07 Å². The number of carbonyl (C=O) groups is 1. The van der Waals surface area contributed by atoms with Gasteiger partial charge in [-0.1, -0.05) is 41.4 Å². The summed E-state index contributed by atoms with van der Waals surface area (Å²) in [4.78, 5) is 12.1. The smallest absolute Gasteiger partial charge is 0.267 e. The van der Waals surface area contributed by atoms with Crippen LogP contribution in [0, 0.1) is 18.3 Å². The van der Waals surface area contributed by atoms with E-state index in [0.717, 1.165) is 11.3 Å². The second-order valence-corrected chi connectivity index (χ2v) is 5.02. The van der Waals surface area contributed by atoms with Gasteiger partial charge in [0.1, 0.15) is 11.6 Å². The molecule has 22 heavy (non-hydrogen) atoms. The predicted octanol–water partition coefficient (Wildman–Crippen LogP) is 4.11. The summed E-state index contributed by atoms with van der Waals surface area (Å²) in [5.74, 6) is -0.518. The van der Waals surface area contributed by atoms with Gasteiger partial charge in [-0.05, 0) is 31.2 Å². The van der Waals surface area contributed by atoms with Crippen LogP contribution in [0.2, 0.25) is 5.02 Å². The molecule has 0 spiro atoms. The molecule has 2 aromatic carbocycles. The number of hydrogen-bond donors (Lipinski definition) is 2. The molecule has 2 N–H and O–H groups in total. The molecule has 4 nitrogen and oxygen atoms in total. The maximum absolute atomic E-state index is 12.1. The highest BCUT2D eigenvalue weighted by atomic mass is 35.5. The van der Waals surface area contributed by atoms with Gasteiger partial charge in [0.05, 0.1) is 10.7 Å². The van der Waals surface area contributed by atoms with Gasteiger partial charge in [0, 0.05) is 11.9 Å². The molecule has 2 aromatic rings. The first-order valence-electron chi connectivity index (χ1n) is 6.59. The van der Waals surface area contributed by atoms with E-state index in [1.807, 2.05) is 37.3 Å². The summed E-state index contributed by atoms with van der Waals surface area (Å²) in [6.45, 7) is 1.98. The highest BCUT2D eigenvalue weighted by Crippen LogP contribution is 2.21. The van der Waals surface area contributed by atoms with Crippen molar-refractivity contribution in [1.29, 1.82) is 5.26 Å². The number of rotatable bonds is 4. The zero-order valence-electron chi connectivity index (χ0n) is 11.9. The van der Waals surface area contributed by atoms with Crippen molar-refractivity contribution in [3.05, 3.63) is 70.9 Å². The molecule has 0 atom stereocenters. The van der Waals surface area contributed by atoms with Crippen molar-refractivity contribution < 1.29 is 4.79 Å². The summed E-state index contributed by atoms with van der Waals surface area (Å²) in [6, 6.07) is 16.3. The van der Waals surface area contributed by atoms with E-state index in [1.165, 1.54) is 6.20 Å². The third-order valence-corrected chi connectivity index (χ3v) is 3.25. The number of nitriles is 1. The van der Waals surface area contributed by atoms with Crippen molar-refractivity contribution in [2.45, 2.75) is 6.92 Å². The molecule has 0 aliphatic heterocycles. The molecule has 0 aromatic heterocycles. The quantitative estimate of drug-likeness (QED) is 0.660. The van der Waals surface area contributed by atoms with Crippen molar-refractivity contribution in [2.24, 2.45) is 0 Å². The Kier molecular flexibility index (Phi) is 5.18. The fourth-order valence-electron chi connectivity index (χ4n) is 1.71. The lowest BCUT2D eigenvalue weighted by Gasteiger charge is -2.06. The van der Waals surface area contributed by atoms with Crippen molar-refractivity contribution in [2.75, 3.05) is 10.6 Å². The SMILES string of the molecule is Cc1ccc(N/C=C(/C#N)C(=O)Nc2ccccc2Cl)cc1. The fourth-order valence-corrected chi connectivity index (χ4v) is 1.89. The second kappa shape index (κ2) is 7.30. The van der Waals surface area contributed by atoms with Crippen LogP contribution in [-0.4, -0.2) is 5.91 Å². The maximum atomic E-state index is 12.1. The Bertz CT molecular complexity index is 745. The van der Waals surface area contributed by atoms with Gasteiger partial charge in [-0.15, -0.1) is 0 Å². The number of benzene rings is 2. The summed E-state index contributed by atoms with van der Waals surface area (Å²) in [5.41, 5.74) is 2.35. The lowest BCUT2D eigenvalue weighted by molar-refractivity contribution is -0.112. The number of aryl methyl sites for hydroxylation is 1. The number of carbonyl (C=O) groups excluding carboxylic acids is 1. The van der Waals surface area contributed by atoms with E-state index in [1.54, 1.807) is 24.3 Å². The van der Waals surface area contributed by atoms with Crippen LogP contribution in [0.15, 0.2) is 60.3 Å². The predicted molar refractivity (Wildman–Crippen MR) is 88.6 cm³/mol. The number of hydrogen-bond acceptors (Lipinski definition) is 3. The first kappa shape index (κ1) is 15.6. The van der Waals surface area contributed by atoms with E-state index < -0.39 is 5.91 Å². The first-order chi connectivity index (χ1) is 10.6. The normalized spacial score (nSPS) is 10.7. The number of halogens is 1. The minimum atomic E-state index is -0.518. The van der Waals surface area contributed by atoms with Crippen LogP contribution in [-0.2, 0) is 4.79 Å². The molecule has 110 valence electrons. The lowest BCUT2D eigenvalue weighted by Crippen LogP contribution is -2.14. The lowest BCUT2D eigenvalue weighted by atomic mass is 10.2. The van der Waals surface area contributed by atoms with E-state index in [-0.39, 0.29) is 5.57 Å². The number of nitrogens with zero attached hydrogens (tertiary/aromatic N) is 1. The van der Waals surface area contributed by atoms with Gasteiger partial charge in [-0.2, -0.15) is 5.26 Å². The van der Waals surface area contributed by atoms with Crippen LogP contribution in [0.3, 0.4) is 0 Å². The number of nitrogens with one attached hydrogen (secondary N) is 2. The Morgan fingerprint density at radius 1 is 1.18 bits per heavy atom. The summed E-state index contributed by atoms with van der Waals surface area (Å²) in [6.07, 6.45) is 1.37. The number of anilines is 2. The third-order valence-electron chi connectivity index (χ3n) is 2.92. The Morgan fingerprint density at radius 3 is 2.50 bits per heavy atom. The summed E-state index contributed by atoms with van der Waals surface area (Å²) in [5, 5.41) is 15.1. The van der Waals surface area contributed by atoms with Crippen LogP contribution in [0.4, 0.5) is 11.4 Å². The van der Waals surface area contributed by atoms with Crippen LogP contribution in [0.5, 0.6) is 0 Å². The zero-order valence-corrected chi connectivity index (χ0v) is 12.7. The second-order valence-electron chi connectivity index (χ2n) is 4.61. The molecule has 5 heteroatoms. The Hall–Kier alpha value is -2.77. The van der Waals surface area contributed by atoms with E-state index in [2.05, 4.69) is 10.6 Å². The molecule has 0 unspecified atom stereocenters. The van der Waals surface area contributed by atoms with E-state index in [4.69, 9.17) is 16.9 Å². The third kappa shape index (κ3) is 4.11. The molecule has 0 bridgehead atoms. The molecule has 0 aliphatic carbocycles. The van der Waals surface area contributed by atoms with Crippen molar-refractivity contribution in [3.63, 3.8) is 0 Å². The van der Waals surface area contributed by atoms with Crippen LogP contribution in [0.25, 0.3) is 0 Å². The molecular formula is C17H14ClN3O. The first-order valence-corrected chi connectivity index (χ1v) is 6.97. The number of para-hydroxylation sites is 1. The molecule has 0 heterocycles. The van der Waals surface area contributed by atoms with Gasteiger partial charge >= 0.3 is 0 Å². The summed E-state index contributed by atoms with van der Waals surface area (Å²) >= 11 is 5.97. The number of amides is 1. The fraction of sp³-hybridized carbons (Fsp3) is 0.0588. The Morgan fingerprint density at radius 2 is 1.86 bits per heavy atom. The standard InChI is InChI=1S/C17H14ClN3O/c1-12-6-8-14(9-7-12)20-11-13(10-19)17(22)21-16-5-3-2-4-15(16)18/h2-9,11,20H,1H3,(H,21,22)/b13-11-. The molecular weight excluding hydrogens is 298 g/mol. The van der Waals surface area contributed by atoms with Gasteiger partial charge in [-0.25, -0.2) is 0 Å². The summed E-state index contributed by atoms with van der Waals surface area (Å²) in [7, 11) is 0. The van der Waals surface area contributed by atoms with Gasteiger partial charge < -0.3 is 10.6 Å². The molecule has 2 rings (SSSR count). The van der Waals surface area contributed by atoms with Gasteiger partial charge in [0.25, 0.3) is 5.91 Å². The van der Waals surface area contributed by atoms with Gasteiger partial charge in [0.15, 0.2) is 0 Å². The van der Waals surface area contributed by atoms with Crippen molar-refractivity contribution in [1.82, 2.24) is 0 Å². The van der Waals surface area contributed by atoms with Crippen LogP contribution >= 0.6 is 11.6 Å². The summed E-state index contributed by atoms with van der Waals surface area (Å²) < 4.78 is 0. The average Bonchev–Trinajstić information content (AvgIpc) is 2.52. The molecule has 0 saturated heterocycles. The van der Waals surface area contributed by atoms with E-state index >= 15 is 0 Å². The molecule has 1 amide bonds. The van der Waals surface area contributed by atoms with Crippen molar-refractivity contribution >= 4 is 28.9 Å². The minimum Gasteiger partial charge on any atom is -0.360 e. The zero-order chi connectivity index (χ0) is 15.9. The van der Waals surface area contributed by atoms with Gasteiger partial charge in [-0.3, -0.25) is 4.79 Å². The largest absolute Gasteiger partial charge is 0.360 e. The highest BCUT2D eigenvalue weighted by molar-refractivity contribution is 6.33. The Labute approximate surface area is 134 Å². The van der Waals surface area contributed by atoms with E-state index in [0.29, 0.717) is 10.7 Å². The Balaban J connectivity index is 2.09. The van der Waals surface area contributed by atoms with Crippen LogP contribution < -0.4 is 10.6 Å². The minimum absolute atomic E-state index is 0.0412. The topological polar surface area (TPSA) is 64.9 Å². The van der Waals surface area contributed by atoms with Gasteiger partial charge in [0.2, 0.25) is 0 Å². The average molecular weight is 312 g/mol.